The van der Waals surface area contributed by atoms with Gasteiger partial charge in [0.1, 0.15) is 5.60 Å². The normalized spacial score (nSPS) is 20.7. The zero-order valence-corrected chi connectivity index (χ0v) is 26.5. The van der Waals surface area contributed by atoms with Gasteiger partial charge in [-0.1, -0.05) is 69.3 Å². The van der Waals surface area contributed by atoms with E-state index in [0.29, 0.717) is 6.61 Å². The van der Waals surface area contributed by atoms with Crippen LogP contribution in [-0.4, -0.2) is 63.9 Å². The minimum absolute atomic E-state index is 0.0750. The summed E-state index contributed by atoms with van der Waals surface area (Å²) in [5.41, 5.74) is 0.263. The first-order chi connectivity index (χ1) is 18.0. The van der Waals surface area contributed by atoms with Gasteiger partial charge in [-0.05, 0) is 63.0 Å². The fraction of sp³-hybridized carbons (Fsp3) is 0.567. The molecule has 1 aliphatic heterocycles. The molecule has 0 aliphatic carbocycles. The average molecular weight is 576 g/mol. The minimum atomic E-state index is -3.78. The Kier molecular flexibility index (Phi) is 9.74. The number of hydrogen-bond acceptors (Lipinski definition) is 6. The molecule has 1 fully saturated rings. The van der Waals surface area contributed by atoms with E-state index in [-0.39, 0.29) is 29.6 Å². The second-order valence-electron chi connectivity index (χ2n) is 12.8. The van der Waals surface area contributed by atoms with Crippen LogP contribution in [0.25, 0.3) is 0 Å². The van der Waals surface area contributed by atoms with Crippen molar-refractivity contribution >= 4 is 24.2 Å². The van der Waals surface area contributed by atoms with Crippen LogP contribution in [0.15, 0.2) is 65.6 Å². The summed E-state index contributed by atoms with van der Waals surface area (Å²) in [6, 6.07) is 17.0. The molecular formula is C30H45NO6SSi. The lowest BCUT2D eigenvalue weighted by Gasteiger charge is -2.39. The summed E-state index contributed by atoms with van der Waals surface area (Å²) in [4.78, 5) is 15.5. The number of ether oxygens (including phenoxy) is 2. The summed E-state index contributed by atoms with van der Waals surface area (Å²) in [6.07, 6.45) is -0.318. The molecule has 0 aromatic heterocycles. The van der Waals surface area contributed by atoms with E-state index in [1.807, 2.05) is 30.3 Å². The van der Waals surface area contributed by atoms with Gasteiger partial charge in [0.05, 0.1) is 42.0 Å². The van der Waals surface area contributed by atoms with Crippen LogP contribution in [0.1, 0.15) is 53.5 Å². The van der Waals surface area contributed by atoms with Gasteiger partial charge >= 0.3 is 6.09 Å². The number of hydrogen-bond donors (Lipinski definition) is 0. The van der Waals surface area contributed by atoms with Crippen LogP contribution in [0.2, 0.25) is 18.1 Å². The van der Waals surface area contributed by atoms with Crippen LogP contribution in [0, 0.1) is 0 Å². The highest BCUT2D eigenvalue weighted by Crippen LogP contribution is 2.39. The molecule has 9 heteroatoms. The maximum atomic E-state index is 14.0. The van der Waals surface area contributed by atoms with Crippen LogP contribution < -0.4 is 0 Å². The van der Waals surface area contributed by atoms with Gasteiger partial charge in [0, 0.05) is 0 Å². The van der Waals surface area contributed by atoms with Crippen molar-refractivity contribution in [1.82, 2.24) is 4.90 Å². The van der Waals surface area contributed by atoms with Gasteiger partial charge in [-0.25, -0.2) is 13.2 Å². The van der Waals surface area contributed by atoms with Crippen molar-refractivity contribution in [3.63, 3.8) is 0 Å². The van der Waals surface area contributed by atoms with Gasteiger partial charge in [0.15, 0.2) is 18.2 Å². The largest absolute Gasteiger partial charge is 0.444 e. The summed E-state index contributed by atoms with van der Waals surface area (Å²) in [5, 5.41) is -0.934. The lowest BCUT2D eigenvalue weighted by Crippen LogP contribution is -2.52. The van der Waals surface area contributed by atoms with E-state index in [1.54, 1.807) is 56.0 Å². The third-order valence-electron chi connectivity index (χ3n) is 7.60. The van der Waals surface area contributed by atoms with Gasteiger partial charge < -0.3 is 13.9 Å². The quantitative estimate of drug-likeness (QED) is 0.320. The van der Waals surface area contributed by atoms with E-state index >= 15 is 0 Å². The molecule has 39 heavy (non-hydrogen) atoms. The highest BCUT2D eigenvalue weighted by atomic mass is 32.2. The third kappa shape index (κ3) is 7.93. The molecule has 3 atom stereocenters. The Morgan fingerprint density at radius 3 is 2.03 bits per heavy atom. The number of rotatable bonds is 9. The van der Waals surface area contributed by atoms with E-state index in [4.69, 9.17) is 13.9 Å². The van der Waals surface area contributed by atoms with Gasteiger partial charge in [-0.15, -0.1) is 0 Å². The van der Waals surface area contributed by atoms with Gasteiger partial charge in [-0.2, -0.15) is 0 Å². The molecule has 1 aliphatic rings. The third-order valence-corrected chi connectivity index (χ3v) is 14.3. The summed E-state index contributed by atoms with van der Waals surface area (Å²) in [6.45, 7) is 16.7. The van der Waals surface area contributed by atoms with E-state index in [9.17, 15) is 13.2 Å². The number of carbonyl (C=O) groups is 1. The van der Waals surface area contributed by atoms with Crippen molar-refractivity contribution in [2.75, 3.05) is 13.2 Å². The zero-order chi connectivity index (χ0) is 29.1. The minimum Gasteiger partial charge on any atom is -0.444 e. The second kappa shape index (κ2) is 12.1. The molecule has 0 radical (unpaired) electrons. The van der Waals surface area contributed by atoms with Crippen molar-refractivity contribution in [2.45, 2.75) is 101 Å². The van der Waals surface area contributed by atoms with Gasteiger partial charge in [0.25, 0.3) is 0 Å². The van der Waals surface area contributed by atoms with Gasteiger partial charge in [-0.3, -0.25) is 4.90 Å². The molecule has 7 nitrogen and oxygen atoms in total. The molecule has 3 rings (SSSR count). The number of likely N-dealkylation sites (tertiary alicyclic amines) is 1. The average Bonchev–Trinajstić information content (AvgIpc) is 3.22. The first-order valence-electron chi connectivity index (χ1n) is 13.6. The molecule has 1 saturated heterocycles. The molecule has 0 N–H and O–H groups in total. The Labute approximate surface area is 235 Å². The van der Waals surface area contributed by atoms with Gasteiger partial charge in [0.2, 0.25) is 0 Å². The summed E-state index contributed by atoms with van der Waals surface area (Å²) >= 11 is 0. The fourth-order valence-corrected chi connectivity index (χ4v) is 7.44. The topological polar surface area (TPSA) is 82.1 Å². The number of nitrogens with zero attached hydrogens (tertiary/aromatic N) is 1. The summed E-state index contributed by atoms with van der Waals surface area (Å²) < 4.78 is 46.4. The molecule has 0 saturated carbocycles. The predicted octanol–water partition coefficient (Wildman–Crippen LogP) is 6.45. The Balaban J connectivity index is 1.98. The van der Waals surface area contributed by atoms with E-state index < -0.39 is 47.2 Å². The van der Waals surface area contributed by atoms with Crippen LogP contribution >= 0.6 is 0 Å². The van der Waals surface area contributed by atoms with E-state index in [1.165, 1.54) is 0 Å². The first kappa shape index (κ1) is 31.3. The van der Waals surface area contributed by atoms with Crippen molar-refractivity contribution in [3.05, 3.63) is 66.2 Å². The number of amides is 1. The number of carbonyl (C=O) groups excluding carboxylic acids is 1. The number of sulfone groups is 1. The Hall–Kier alpha value is -2.20. The van der Waals surface area contributed by atoms with Crippen LogP contribution in [0.3, 0.4) is 0 Å². The Morgan fingerprint density at radius 2 is 1.49 bits per heavy atom. The summed E-state index contributed by atoms with van der Waals surface area (Å²) in [7, 11) is -6.03. The highest BCUT2D eigenvalue weighted by Gasteiger charge is 2.52. The molecule has 1 heterocycles. The molecule has 0 unspecified atom stereocenters. The zero-order valence-electron chi connectivity index (χ0n) is 24.6. The second-order valence-corrected chi connectivity index (χ2v) is 19.8. The lowest BCUT2D eigenvalue weighted by molar-refractivity contribution is -0.00472. The Bertz CT molecular complexity index is 1190. The molecule has 216 valence electrons. The van der Waals surface area contributed by atoms with Crippen LogP contribution in [0.5, 0.6) is 0 Å². The molecule has 2 aromatic carbocycles. The van der Waals surface area contributed by atoms with Crippen LogP contribution in [-0.2, 0) is 30.3 Å². The van der Waals surface area contributed by atoms with E-state index in [2.05, 4.69) is 33.9 Å². The summed E-state index contributed by atoms with van der Waals surface area (Å²) in [5.74, 6) is 0. The standard InChI is InChI=1S/C30H45NO6SSi/c1-29(2,3)37-28(32)31-24(21-35-20-23-15-11-9-12-16-23)19-27(38(33,34)25-17-13-10-14-18-25)26(31)22-36-39(7,8)30(4,5)6/h9-18,24,26-27H,19-22H2,1-8H3/t24-,26-,27+/m1/s1. The molecular weight excluding hydrogens is 530 g/mol. The maximum absolute atomic E-state index is 14.0. The van der Waals surface area contributed by atoms with Crippen molar-refractivity contribution < 1.29 is 27.1 Å². The fourth-order valence-electron chi connectivity index (χ4n) is 4.44. The first-order valence-corrected chi connectivity index (χ1v) is 18.0. The maximum Gasteiger partial charge on any atom is 0.410 e. The van der Waals surface area contributed by atoms with Crippen molar-refractivity contribution in [3.8, 4) is 0 Å². The predicted molar refractivity (Wildman–Crippen MR) is 157 cm³/mol. The van der Waals surface area contributed by atoms with Crippen molar-refractivity contribution in [2.24, 2.45) is 0 Å². The highest BCUT2D eigenvalue weighted by molar-refractivity contribution is 7.92. The van der Waals surface area contributed by atoms with Crippen molar-refractivity contribution in [1.29, 1.82) is 0 Å². The lowest BCUT2D eigenvalue weighted by atomic mass is 10.2. The molecule has 1 amide bonds. The van der Waals surface area contributed by atoms with E-state index in [0.717, 1.165) is 5.56 Å². The Morgan fingerprint density at radius 1 is 0.923 bits per heavy atom. The number of benzene rings is 2. The monoisotopic (exact) mass is 575 g/mol. The SMILES string of the molecule is CC(C)(C)OC(=O)N1[C@@H](COCc2ccccc2)C[C@H](S(=O)(=O)c2ccccc2)[C@H]1CO[Si](C)(C)C(C)(C)C. The molecule has 2 aromatic rings. The molecule has 0 spiro atoms. The van der Waals surface area contributed by atoms with Crippen LogP contribution in [0.4, 0.5) is 4.79 Å². The smallest absolute Gasteiger partial charge is 0.410 e. The molecule has 0 bridgehead atoms.